The smallest absolute Gasteiger partial charge is 0.222 e. The molecule has 1 aromatic heterocycles. The Labute approximate surface area is 265 Å². The van der Waals surface area contributed by atoms with Gasteiger partial charge in [-0.25, -0.2) is 4.98 Å². The predicted molar refractivity (Wildman–Crippen MR) is 185 cm³/mol. The van der Waals surface area contributed by atoms with Crippen molar-refractivity contribution in [2.75, 3.05) is 33.7 Å². The van der Waals surface area contributed by atoms with Gasteiger partial charge in [-0.1, -0.05) is 105 Å². The lowest BCUT2D eigenvalue weighted by molar-refractivity contribution is -0.134. The van der Waals surface area contributed by atoms with Gasteiger partial charge in [-0.2, -0.15) is 5.10 Å². The normalized spacial score (nSPS) is 13.1. The van der Waals surface area contributed by atoms with Gasteiger partial charge in [0.25, 0.3) is 0 Å². The van der Waals surface area contributed by atoms with Gasteiger partial charge < -0.3 is 20.7 Å². The van der Waals surface area contributed by atoms with Gasteiger partial charge in [0.1, 0.15) is 18.9 Å². The highest BCUT2D eigenvalue weighted by atomic mass is 16.2. The van der Waals surface area contributed by atoms with Crippen molar-refractivity contribution >= 4 is 12.2 Å². The van der Waals surface area contributed by atoms with Crippen LogP contribution in [0.3, 0.4) is 0 Å². The maximum atomic E-state index is 12.6. The molecule has 1 saturated heterocycles. The largest absolute Gasteiger partial charge is 0.343 e. The van der Waals surface area contributed by atoms with Crippen LogP contribution in [0.2, 0.25) is 0 Å². The Hall–Kier alpha value is -2.58. The maximum absolute atomic E-state index is 12.6. The summed E-state index contributed by atoms with van der Waals surface area (Å²) in [6.45, 7) is 25.5. The second-order valence-electron chi connectivity index (χ2n) is 11.5. The van der Waals surface area contributed by atoms with Gasteiger partial charge in [0.15, 0.2) is 0 Å². The molecule has 3 rings (SSSR count). The lowest BCUT2D eigenvalue weighted by atomic mass is 9.70. The number of hydrogen-bond acceptors (Lipinski definition) is 6. The number of nitrogens with zero attached hydrogens (tertiary/aromatic N) is 4. The highest BCUT2D eigenvalue weighted by molar-refractivity contribution is 5.76. The SMILES string of the molecule is CC.CC.CC(C)(C=O)CN.CCC.CNC.Cc1ccc(CCC(=O)N2CCC(Cn3cncn3)(C(C)C)CC2)cc1. The van der Waals surface area contributed by atoms with E-state index < -0.39 is 0 Å². The van der Waals surface area contributed by atoms with Crippen LogP contribution in [0.5, 0.6) is 0 Å². The standard InChI is InChI=1S/C21H30N4O.C5H11NO.C3H8.C2H7N.2C2H6/c1-17(2)21(14-25-16-22-15-23-25)10-12-24(13-11-21)20(26)9-8-19-6-4-18(3)5-7-19;1-5(2,3-6)4-7;2*1-3-2;2*1-2/h4-7,15-17H,8-14H2,1-3H3;4H,3,6H2,1-2H3;3H2,1-2H3;3H,1-2H3;2*1-2H3. The molecule has 0 aliphatic carbocycles. The number of carbonyl (C=O) groups excluding carboxylic acids is 2. The van der Waals surface area contributed by atoms with E-state index in [-0.39, 0.29) is 16.7 Å². The van der Waals surface area contributed by atoms with Gasteiger partial charge in [-0.3, -0.25) is 9.48 Å². The van der Waals surface area contributed by atoms with Crippen molar-refractivity contribution in [1.29, 1.82) is 0 Å². The first kappa shape index (κ1) is 44.9. The van der Waals surface area contributed by atoms with E-state index in [4.69, 9.17) is 5.73 Å². The maximum Gasteiger partial charge on any atom is 0.222 e. The van der Waals surface area contributed by atoms with Gasteiger partial charge >= 0.3 is 0 Å². The number of nitrogens with one attached hydrogen (secondary N) is 1. The summed E-state index contributed by atoms with van der Waals surface area (Å²) in [4.78, 5) is 28.7. The summed E-state index contributed by atoms with van der Waals surface area (Å²) in [6.07, 6.45) is 8.99. The summed E-state index contributed by atoms with van der Waals surface area (Å²) < 4.78 is 1.94. The number of piperidine rings is 1. The number of aromatic nitrogens is 3. The van der Waals surface area contributed by atoms with Gasteiger partial charge in [-0.05, 0) is 57.2 Å². The molecule has 0 spiro atoms. The molecule has 1 aliphatic heterocycles. The van der Waals surface area contributed by atoms with E-state index >= 15 is 0 Å². The number of benzene rings is 1. The first-order valence-corrected chi connectivity index (χ1v) is 16.3. The molecule has 8 heteroatoms. The number of carbonyl (C=O) groups is 2. The van der Waals surface area contributed by atoms with Crippen molar-refractivity contribution in [3.8, 4) is 0 Å². The van der Waals surface area contributed by atoms with Crippen molar-refractivity contribution in [2.45, 2.75) is 115 Å². The molecular weight excluding hydrogens is 536 g/mol. The van der Waals surface area contributed by atoms with Crippen molar-refractivity contribution < 1.29 is 9.59 Å². The van der Waals surface area contributed by atoms with E-state index in [2.05, 4.69) is 79.2 Å². The summed E-state index contributed by atoms with van der Waals surface area (Å²) in [7, 11) is 3.75. The second-order valence-corrected chi connectivity index (χ2v) is 11.5. The van der Waals surface area contributed by atoms with Crippen LogP contribution in [0, 0.1) is 23.7 Å². The monoisotopic (exact) mass is 605 g/mol. The molecule has 2 heterocycles. The van der Waals surface area contributed by atoms with E-state index in [0.717, 1.165) is 45.2 Å². The molecule has 2 aromatic rings. The lowest BCUT2D eigenvalue weighted by Crippen LogP contribution is -2.47. The third-order valence-corrected chi connectivity index (χ3v) is 6.87. The molecule has 3 N–H and O–H groups in total. The van der Waals surface area contributed by atoms with Gasteiger partial charge in [0.2, 0.25) is 5.91 Å². The number of aryl methyl sites for hydroxylation is 2. The topological polar surface area (TPSA) is 106 Å². The van der Waals surface area contributed by atoms with Crippen LogP contribution in [0.25, 0.3) is 0 Å². The van der Waals surface area contributed by atoms with Gasteiger partial charge in [0.05, 0.1) is 0 Å². The zero-order valence-electron chi connectivity index (χ0n) is 30.2. The van der Waals surface area contributed by atoms with E-state index in [1.807, 2.05) is 46.5 Å². The second kappa shape index (κ2) is 27.0. The zero-order valence-corrected chi connectivity index (χ0v) is 30.2. The van der Waals surface area contributed by atoms with Crippen LogP contribution in [-0.4, -0.2) is 65.6 Å². The average molecular weight is 605 g/mol. The Morgan fingerprint density at radius 2 is 1.56 bits per heavy atom. The minimum Gasteiger partial charge on any atom is -0.343 e. The third-order valence-electron chi connectivity index (χ3n) is 6.87. The van der Waals surface area contributed by atoms with Crippen LogP contribution < -0.4 is 11.1 Å². The van der Waals surface area contributed by atoms with Crippen LogP contribution in [0.4, 0.5) is 0 Å². The van der Waals surface area contributed by atoms with Crippen molar-refractivity contribution in [1.82, 2.24) is 25.0 Å². The fourth-order valence-electron chi connectivity index (χ4n) is 3.97. The molecular formula is C35H68N6O2. The third kappa shape index (κ3) is 20.1. The van der Waals surface area contributed by atoms with Crippen molar-refractivity contribution in [3.05, 3.63) is 48.0 Å². The Morgan fingerprint density at radius 1 is 1.07 bits per heavy atom. The van der Waals surface area contributed by atoms with E-state index in [1.165, 1.54) is 17.5 Å². The fraction of sp³-hybridized carbons (Fsp3) is 0.714. The van der Waals surface area contributed by atoms with Crippen LogP contribution in [0.1, 0.15) is 106 Å². The molecule has 0 radical (unpaired) electrons. The molecule has 1 amide bonds. The minimum atomic E-state index is -0.319. The van der Waals surface area contributed by atoms with Crippen LogP contribution in [0.15, 0.2) is 36.9 Å². The minimum absolute atomic E-state index is 0.196. The number of nitrogens with two attached hydrogens (primary N) is 1. The summed E-state index contributed by atoms with van der Waals surface area (Å²) in [5.41, 5.74) is 7.56. The molecule has 250 valence electrons. The molecule has 1 fully saturated rings. The van der Waals surface area contributed by atoms with Crippen LogP contribution in [-0.2, 0) is 22.6 Å². The number of aldehydes is 1. The molecule has 1 aromatic carbocycles. The Balaban J connectivity index is -0.000000785. The summed E-state index contributed by atoms with van der Waals surface area (Å²) in [5.74, 6) is 0.834. The highest BCUT2D eigenvalue weighted by Gasteiger charge is 2.39. The van der Waals surface area contributed by atoms with Crippen molar-refractivity contribution in [3.63, 3.8) is 0 Å². The molecule has 1 aliphatic rings. The van der Waals surface area contributed by atoms with E-state index in [1.54, 1.807) is 26.5 Å². The fourth-order valence-corrected chi connectivity index (χ4v) is 3.97. The first-order chi connectivity index (χ1) is 20.4. The molecule has 0 atom stereocenters. The summed E-state index contributed by atoms with van der Waals surface area (Å²) in [6, 6.07) is 8.48. The quantitative estimate of drug-likeness (QED) is 0.316. The Morgan fingerprint density at radius 3 is 1.91 bits per heavy atom. The number of rotatable bonds is 8. The lowest BCUT2D eigenvalue weighted by Gasteiger charge is -2.44. The highest BCUT2D eigenvalue weighted by Crippen LogP contribution is 2.40. The predicted octanol–water partition coefficient (Wildman–Crippen LogP) is 6.96. The van der Waals surface area contributed by atoms with Crippen LogP contribution >= 0.6 is 0 Å². The number of hydrogen-bond donors (Lipinski definition) is 2. The first-order valence-electron chi connectivity index (χ1n) is 16.3. The Kier molecular flexibility index (Phi) is 28.2. The van der Waals surface area contributed by atoms with Gasteiger partial charge in [0, 0.05) is 38.0 Å². The number of amides is 1. The van der Waals surface area contributed by atoms with Crippen molar-refractivity contribution in [2.24, 2.45) is 22.5 Å². The molecule has 43 heavy (non-hydrogen) atoms. The Bertz CT molecular complexity index is 886. The summed E-state index contributed by atoms with van der Waals surface area (Å²) in [5, 5.41) is 7.04. The van der Waals surface area contributed by atoms with E-state index in [0.29, 0.717) is 18.9 Å². The summed E-state index contributed by atoms with van der Waals surface area (Å²) >= 11 is 0. The average Bonchev–Trinajstić information content (AvgIpc) is 3.53. The van der Waals surface area contributed by atoms with Gasteiger partial charge in [-0.15, -0.1) is 0 Å². The molecule has 0 unspecified atom stereocenters. The van der Waals surface area contributed by atoms with E-state index in [9.17, 15) is 9.59 Å². The zero-order chi connectivity index (χ0) is 33.9. The molecule has 0 saturated carbocycles. The molecule has 8 nitrogen and oxygen atoms in total. The molecule has 0 bridgehead atoms. The number of likely N-dealkylation sites (tertiary alicyclic amines) is 1.